The summed E-state index contributed by atoms with van der Waals surface area (Å²) < 4.78 is 2.88. The summed E-state index contributed by atoms with van der Waals surface area (Å²) in [5.74, 6) is 0. The van der Waals surface area contributed by atoms with Gasteiger partial charge in [-0.05, 0) is 6.07 Å². The van der Waals surface area contributed by atoms with Crippen LogP contribution >= 0.6 is 0 Å². The largest absolute Gasteiger partial charge is 0.328 e. The lowest BCUT2D eigenvalue weighted by Gasteiger charge is -2.05. The maximum atomic E-state index is 11.5. The van der Waals surface area contributed by atoms with E-state index in [1.165, 1.54) is 10.8 Å². The van der Waals surface area contributed by atoms with E-state index in [4.69, 9.17) is 5.26 Å². The number of nitrogens with zero attached hydrogens (tertiary/aromatic N) is 4. The van der Waals surface area contributed by atoms with Gasteiger partial charge in [0.25, 0.3) is 5.56 Å². The van der Waals surface area contributed by atoms with E-state index in [1.807, 2.05) is 0 Å². The SMILES string of the molecule is Cn1nccc1Cn1cc(C#N)c(=O)[nH]c1=O. The van der Waals surface area contributed by atoms with Crippen molar-refractivity contribution in [1.29, 1.82) is 5.26 Å². The van der Waals surface area contributed by atoms with Crippen LogP contribution in [0.5, 0.6) is 0 Å². The molecule has 0 saturated carbocycles. The fourth-order valence-electron chi connectivity index (χ4n) is 1.44. The molecule has 0 aromatic carbocycles. The summed E-state index contributed by atoms with van der Waals surface area (Å²) in [4.78, 5) is 24.8. The third kappa shape index (κ3) is 2.01. The third-order valence-corrected chi connectivity index (χ3v) is 2.39. The van der Waals surface area contributed by atoms with Crippen LogP contribution in [0, 0.1) is 11.3 Å². The van der Waals surface area contributed by atoms with Gasteiger partial charge >= 0.3 is 5.69 Å². The molecule has 2 aromatic heterocycles. The lowest BCUT2D eigenvalue weighted by molar-refractivity contribution is 0.639. The molecule has 2 heterocycles. The highest BCUT2D eigenvalue weighted by Gasteiger charge is 2.06. The first-order valence-electron chi connectivity index (χ1n) is 4.82. The van der Waals surface area contributed by atoms with Crippen molar-refractivity contribution < 1.29 is 0 Å². The van der Waals surface area contributed by atoms with Gasteiger partial charge in [0.2, 0.25) is 0 Å². The molecular weight excluding hydrogens is 222 g/mol. The third-order valence-electron chi connectivity index (χ3n) is 2.39. The molecule has 0 fully saturated rings. The maximum absolute atomic E-state index is 11.5. The van der Waals surface area contributed by atoms with Crippen molar-refractivity contribution in [3.05, 3.63) is 50.6 Å². The van der Waals surface area contributed by atoms with Crippen molar-refractivity contribution in [1.82, 2.24) is 19.3 Å². The van der Waals surface area contributed by atoms with Gasteiger partial charge in [0, 0.05) is 19.4 Å². The van der Waals surface area contributed by atoms with Crippen LogP contribution in [0.1, 0.15) is 11.3 Å². The Kier molecular flexibility index (Phi) is 2.62. The molecule has 0 saturated heterocycles. The van der Waals surface area contributed by atoms with Crippen LogP contribution < -0.4 is 11.2 Å². The summed E-state index contributed by atoms with van der Waals surface area (Å²) in [5, 5.41) is 12.7. The Balaban J connectivity index is 2.48. The molecule has 0 unspecified atom stereocenters. The van der Waals surface area contributed by atoms with Crippen molar-refractivity contribution in [2.75, 3.05) is 0 Å². The summed E-state index contributed by atoms with van der Waals surface area (Å²) in [6, 6.07) is 3.48. The van der Waals surface area contributed by atoms with E-state index in [2.05, 4.69) is 10.1 Å². The van der Waals surface area contributed by atoms with Gasteiger partial charge in [-0.25, -0.2) is 4.79 Å². The Morgan fingerprint density at radius 1 is 1.53 bits per heavy atom. The average molecular weight is 231 g/mol. The Labute approximate surface area is 95.6 Å². The molecule has 0 aliphatic carbocycles. The lowest BCUT2D eigenvalue weighted by Crippen LogP contribution is -2.31. The number of aromatic amines is 1. The summed E-state index contributed by atoms with van der Waals surface area (Å²) >= 11 is 0. The monoisotopic (exact) mass is 231 g/mol. The van der Waals surface area contributed by atoms with E-state index in [0.29, 0.717) is 0 Å². The molecule has 7 nitrogen and oxygen atoms in total. The number of aryl methyl sites for hydroxylation is 1. The van der Waals surface area contributed by atoms with Gasteiger partial charge in [0.1, 0.15) is 11.6 Å². The van der Waals surface area contributed by atoms with E-state index in [0.717, 1.165) is 5.69 Å². The first-order chi connectivity index (χ1) is 8.11. The maximum Gasteiger partial charge on any atom is 0.328 e. The smallest absolute Gasteiger partial charge is 0.293 e. The molecule has 86 valence electrons. The van der Waals surface area contributed by atoms with Gasteiger partial charge in [-0.1, -0.05) is 0 Å². The van der Waals surface area contributed by atoms with Gasteiger partial charge in [-0.15, -0.1) is 0 Å². The van der Waals surface area contributed by atoms with Crippen LogP contribution in [-0.4, -0.2) is 19.3 Å². The zero-order chi connectivity index (χ0) is 12.4. The summed E-state index contributed by atoms with van der Waals surface area (Å²) in [6.45, 7) is 0.251. The molecule has 0 atom stereocenters. The molecule has 17 heavy (non-hydrogen) atoms. The standard InChI is InChI=1S/C10H9N5O2/c1-14-8(2-3-12-14)6-15-5-7(4-11)9(16)13-10(15)17/h2-3,5H,6H2,1H3,(H,13,16,17). The molecule has 1 N–H and O–H groups in total. The van der Waals surface area contributed by atoms with Gasteiger partial charge in [-0.3, -0.25) is 19.0 Å². The summed E-state index contributed by atoms with van der Waals surface area (Å²) in [6.07, 6.45) is 2.85. The topological polar surface area (TPSA) is 96.5 Å². The number of nitrogens with one attached hydrogen (secondary N) is 1. The number of hydrogen-bond donors (Lipinski definition) is 1. The second-order valence-electron chi connectivity index (χ2n) is 3.49. The Hall–Kier alpha value is -2.62. The van der Waals surface area contributed by atoms with E-state index in [1.54, 1.807) is 30.1 Å². The van der Waals surface area contributed by atoms with E-state index >= 15 is 0 Å². The highest BCUT2D eigenvalue weighted by molar-refractivity contribution is 5.22. The number of aromatic nitrogens is 4. The number of hydrogen-bond acceptors (Lipinski definition) is 4. The van der Waals surface area contributed by atoms with Crippen molar-refractivity contribution in [3.8, 4) is 6.07 Å². The van der Waals surface area contributed by atoms with E-state index in [-0.39, 0.29) is 12.1 Å². The molecule has 0 aliphatic rings. The fourth-order valence-corrected chi connectivity index (χ4v) is 1.44. The highest BCUT2D eigenvalue weighted by atomic mass is 16.2. The summed E-state index contributed by atoms with van der Waals surface area (Å²) in [7, 11) is 1.75. The lowest BCUT2D eigenvalue weighted by atomic mass is 10.3. The number of rotatable bonds is 2. The number of H-pyrrole nitrogens is 1. The quantitative estimate of drug-likeness (QED) is 0.731. The first kappa shape index (κ1) is 10.9. The van der Waals surface area contributed by atoms with Crippen molar-refractivity contribution >= 4 is 0 Å². The molecule has 0 amide bonds. The van der Waals surface area contributed by atoms with E-state index < -0.39 is 11.2 Å². The molecule has 0 aliphatic heterocycles. The van der Waals surface area contributed by atoms with Crippen molar-refractivity contribution in [2.45, 2.75) is 6.54 Å². The zero-order valence-corrected chi connectivity index (χ0v) is 9.04. The predicted molar refractivity (Wildman–Crippen MR) is 58.3 cm³/mol. The molecule has 0 bridgehead atoms. The minimum absolute atomic E-state index is 0.0910. The normalized spacial score (nSPS) is 10.1. The minimum atomic E-state index is -0.668. The second kappa shape index (κ2) is 4.09. The van der Waals surface area contributed by atoms with Crippen LogP contribution in [-0.2, 0) is 13.6 Å². The van der Waals surface area contributed by atoms with Gasteiger partial charge in [-0.2, -0.15) is 10.4 Å². The molecule has 0 radical (unpaired) electrons. The Morgan fingerprint density at radius 3 is 2.88 bits per heavy atom. The van der Waals surface area contributed by atoms with Crippen molar-refractivity contribution in [2.24, 2.45) is 7.05 Å². The molecule has 2 rings (SSSR count). The fraction of sp³-hybridized carbons (Fsp3) is 0.200. The van der Waals surface area contributed by atoms with Crippen LogP contribution in [0.25, 0.3) is 0 Å². The molecule has 0 spiro atoms. The van der Waals surface area contributed by atoms with Gasteiger partial charge in [0.15, 0.2) is 0 Å². The van der Waals surface area contributed by atoms with Crippen LogP contribution in [0.2, 0.25) is 0 Å². The summed E-state index contributed by atoms with van der Waals surface area (Å²) in [5.41, 5.74) is -0.510. The zero-order valence-electron chi connectivity index (χ0n) is 9.04. The van der Waals surface area contributed by atoms with Crippen molar-refractivity contribution in [3.63, 3.8) is 0 Å². The highest BCUT2D eigenvalue weighted by Crippen LogP contribution is 1.98. The van der Waals surface area contributed by atoms with E-state index in [9.17, 15) is 9.59 Å². The first-order valence-corrected chi connectivity index (χ1v) is 4.82. The predicted octanol–water partition coefficient (Wildman–Crippen LogP) is -0.810. The second-order valence-corrected chi connectivity index (χ2v) is 3.49. The Bertz CT molecular complexity index is 700. The van der Waals surface area contributed by atoms with Gasteiger partial charge < -0.3 is 0 Å². The molecule has 7 heteroatoms. The molecule has 2 aromatic rings. The van der Waals surface area contributed by atoms with Crippen LogP contribution in [0.4, 0.5) is 0 Å². The molecular formula is C10H9N5O2. The van der Waals surface area contributed by atoms with Crippen LogP contribution in [0.3, 0.4) is 0 Å². The average Bonchev–Trinajstić information content (AvgIpc) is 2.68. The van der Waals surface area contributed by atoms with Gasteiger partial charge in [0.05, 0.1) is 12.2 Å². The Morgan fingerprint density at radius 2 is 2.29 bits per heavy atom. The number of nitriles is 1. The minimum Gasteiger partial charge on any atom is -0.293 e. The van der Waals surface area contributed by atoms with Crippen LogP contribution in [0.15, 0.2) is 28.0 Å².